The number of anilines is 3. The van der Waals surface area contributed by atoms with E-state index in [1.165, 1.54) is 6.07 Å². The predicted octanol–water partition coefficient (Wildman–Crippen LogP) is 8.24. The molecule has 1 amide bonds. The van der Waals surface area contributed by atoms with E-state index in [1.807, 2.05) is 76.5 Å². The summed E-state index contributed by atoms with van der Waals surface area (Å²) in [5.41, 5.74) is 4.49. The Morgan fingerprint density at radius 3 is 2.44 bits per heavy atom. The van der Waals surface area contributed by atoms with Crippen LogP contribution in [0.1, 0.15) is 38.3 Å². The third kappa shape index (κ3) is 6.49. The number of halogens is 2. The van der Waals surface area contributed by atoms with Crippen molar-refractivity contribution in [2.75, 3.05) is 47.8 Å². The zero-order chi connectivity index (χ0) is 33.4. The van der Waals surface area contributed by atoms with Crippen LogP contribution in [0.2, 0.25) is 5.02 Å². The van der Waals surface area contributed by atoms with Crippen LogP contribution in [0.4, 0.5) is 21.5 Å². The van der Waals surface area contributed by atoms with E-state index in [1.54, 1.807) is 24.3 Å². The van der Waals surface area contributed by atoms with Crippen LogP contribution in [-0.4, -0.2) is 49.3 Å². The number of hydrogen-bond acceptors (Lipinski definition) is 6. The molecule has 4 aromatic rings. The van der Waals surface area contributed by atoms with Gasteiger partial charge in [-0.1, -0.05) is 67.9 Å². The van der Waals surface area contributed by atoms with Gasteiger partial charge in [-0.25, -0.2) is 4.39 Å². The number of para-hydroxylation sites is 3. The van der Waals surface area contributed by atoms with E-state index < -0.39 is 11.9 Å². The molecule has 9 heteroatoms. The highest BCUT2D eigenvalue weighted by Crippen LogP contribution is 2.48. The van der Waals surface area contributed by atoms with Crippen LogP contribution in [0, 0.1) is 11.2 Å². The number of ketones is 1. The smallest absolute Gasteiger partial charge is 0.242 e. The number of nitrogens with zero attached hydrogens (tertiary/aromatic N) is 3. The van der Waals surface area contributed by atoms with E-state index >= 15 is 4.39 Å². The van der Waals surface area contributed by atoms with Gasteiger partial charge in [0, 0.05) is 54.6 Å². The summed E-state index contributed by atoms with van der Waals surface area (Å²) in [5, 5.41) is 4.27. The molecule has 3 aliphatic rings. The molecule has 1 atom stereocenters. The molecule has 48 heavy (non-hydrogen) atoms. The largest absolute Gasteiger partial charge is 0.454 e. The molecular weight excluding hydrogens is 627 g/mol. The minimum Gasteiger partial charge on any atom is -0.454 e. The van der Waals surface area contributed by atoms with Crippen LogP contribution in [0.5, 0.6) is 11.5 Å². The van der Waals surface area contributed by atoms with Crippen molar-refractivity contribution < 1.29 is 18.7 Å². The van der Waals surface area contributed by atoms with E-state index in [9.17, 15) is 9.59 Å². The number of amides is 1. The highest BCUT2D eigenvalue weighted by atomic mass is 35.5. The van der Waals surface area contributed by atoms with Crippen LogP contribution < -0.4 is 19.9 Å². The first-order chi connectivity index (χ1) is 23.1. The third-order valence-corrected chi connectivity index (χ3v) is 9.59. The molecule has 0 radical (unpaired) electrons. The lowest BCUT2D eigenvalue weighted by Gasteiger charge is -2.40. The topological polar surface area (TPSA) is 65.1 Å². The summed E-state index contributed by atoms with van der Waals surface area (Å²) in [7, 11) is 0. The summed E-state index contributed by atoms with van der Waals surface area (Å²) in [6.45, 7) is 6.67. The van der Waals surface area contributed by atoms with Crippen molar-refractivity contribution in [3.8, 4) is 11.5 Å². The SMILES string of the molecule is CC1(C)CC(=O)C2=C(C1)Nc1ccccc1N(CC(=O)N1CCN(c3cccc(Cl)c3)CC1)C2c1ccc(F)c(Oc2ccccc2)c1. The molecule has 7 rings (SSSR count). The third-order valence-electron chi connectivity index (χ3n) is 9.36. The Bertz CT molecular complexity index is 1890. The maximum absolute atomic E-state index is 15.3. The molecule has 2 heterocycles. The van der Waals surface area contributed by atoms with Crippen LogP contribution in [0.25, 0.3) is 0 Å². The number of benzene rings is 4. The number of carbonyl (C=O) groups is 2. The number of ether oxygens (including phenoxy) is 1. The monoisotopic (exact) mass is 664 g/mol. The Morgan fingerprint density at radius 1 is 0.917 bits per heavy atom. The van der Waals surface area contributed by atoms with Gasteiger partial charge >= 0.3 is 0 Å². The van der Waals surface area contributed by atoms with E-state index in [4.69, 9.17) is 16.3 Å². The zero-order valence-corrected chi connectivity index (χ0v) is 27.8. The zero-order valence-electron chi connectivity index (χ0n) is 27.1. The summed E-state index contributed by atoms with van der Waals surface area (Å²) in [6.07, 6.45) is 1.02. The summed E-state index contributed by atoms with van der Waals surface area (Å²) in [6, 6.07) is 28.7. The molecule has 0 spiro atoms. The van der Waals surface area contributed by atoms with E-state index in [0.29, 0.717) is 60.9 Å². The number of piperazine rings is 1. The molecule has 0 bridgehead atoms. The van der Waals surface area contributed by atoms with Crippen LogP contribution in [0.15, 0.2) is 108 Å². The van der Waals surface area contributed by atoms with Crippen molar-refractivity contribution in [2.24, 2.45) is 5.41 Å². The fourth-order valence-electron chi connectivity index (χ4n) is 7.09. The Labute approximate surface area is 285 Å². The molecular formula is C39H38ClFN4O3. The van der Waals surface area contributed by atoms with Gasteiger partial charge in [-0.2, -0.15) is 0 Å². The number of rotatable bonds is 6. The quantitative estimate of drug-likeness (QED) is 0.224. The van der Waals surface area contributed by atoms with Gasteiger partial charge in [0.1, 0.15) is 5.75 Å². The minimum absolute atomic E-state index is 0.00833. The van der Waals surface area contributed by atoms with E-state index in [-0.39, 0.29) is 29.4 Å². The molecule has 1 N–H and O–H groups in total. The molecule has 1 unspecified atom stereocenters. The molecule has 1 fully saturated rings. The van der Waals surface area contributed by atoms with Crippen molar-refractivity contribution in [3.63, 3.8) is 0 Å². The van der Waals surface area contributed by atoms with Gasteiger partial charge in [0.2, 0.25) is 5.91 Å². The standard InChI is InChI=1S/C39H38ClFN4O3/c1-39(2)23-32-37(34(46)24-39)38(26-15-16-30(41)35(21-26)48-29-11-4-3-5-12-29)45(33-14-7-6-13-31(33)42-32)25-36(47)44-19-17-43(18-20-44)28-10-8-9-27(40)22-28/h3-16,21-22,38,42H,17-20,23-25H2,1-2H3. The Hall–Kier alpha value is -4.82. The van der Waals surface area contributed by atoms with Gasteiger partial charge in [-0.3, -0.25) is 9.59 Å². The van der Waals surface area contributed by atoms with E-state index in [2.05, 4.69) is 24.1 Å². The highest BCUT2D eigenvalue weighted by Gasteiger charge is 2.42. The van der Waals surface area contributed by atoms with Crippen LogP contribution >= 0.6 is 11.6 Å². The van der Waals surface area contributed by atoms with Crippen LogP contribution in [0.3, 0.4) is 0 Å². The molecule has 1 saturated heterocycles. The molecule has 4 aromatic carbocycles. The highest BCUT2D eigenvalue weighted by molar-refractivity contribution is 6.30. The first kappa shape index (κ1) is 31.8. The van der Waals surface area contributed by atoms with Gasteiger partial charge in [0.05, 0.1) is 24.0 Å². The lowest BCUT2D eigenvalue weighted by molar-refractivity contribution is -0.130. The van der Waals surface area contributed by atoms with Crippen molar-refractivity contribution >= 4 is 40.4 Å². The molecule has 1 aliphatic carbocycles. The lowest BCUT2D eigenvalue weighted by atomic mass is 9.73. The van der Waals surface area contributed by atoms with Gasteiger partial charge in [0.25, 0.3) is 0 Å². The van der Waals surface area contributed by atoms with Gasteiger partial charge in [-0.15, -0.1) is 0 Å². The molecule has 0 aromatic heterocycles. The first-order valence-electron chi connectivity index (χ1n) is 16.3. The minimum atomic E-state index is -0.657. The number of carbonyl (C=O) groups excluding carboxylic acids is 2. The molecule has 2 aliphatic heterocycles. The van der Waals surface area contributed by atoms with Gasteiger partial charge in [-0.05, 0) is 72.0 Å². The van der Waals surface area contributed by atoms with Crippen molar-refractivity contribution in [3.05, 3.63) is 125 Å². The summed E-state index contributed by atoms with van der Waals surface area (Å²) >= 11 is 6.25. The maximum Gasteiger partial charge on any atom is 0.242 e. The fourth-order valence-corrected chi connectivity index (χ4v) is 7.27. The van der Waals surface area contributed by atoms with Crippen LogP contribution in [-0.2, 0) is 9.59 Å². The number of allylic oxidation sites excluding steroid dienone is 1. The van der Waals surface area contributed by atoms with Gasteiger partial charge in [0.15, 0.2) is 17.3 Å². The molecule has 0 saturated carbocycles. The first-order valence-corrected chi connectivity index (χ1v) is 16.7. The van der Waals surface area contributed by atoms with Crippen molar-refractivity contribution in [1.82, 2.24) is 4.90 Å². The second kappa shape index (κ2) is 13.0. The fraction of sp³-hybridized carbons (Fsp3) is 0.282. The second-order valence-corrected chi connectivity index (χ2v) is 13.9. The molecule has 246 valence electrons. The Kier molecular flexibility index (Phi) is 8.60. The Balaban J connectivity index is 1.26. The normalized spacial score (nSPS) is 18.9. The molecule has 7 nitrogen and oxygen atoms in total. The average Bonchev–Trinajstić information content (AvgIpc) is 3.20. The number of fused-ring (bicyclic) bond motifs is 1. The number of hydrogen-bond donors (Lipinski definition) is 1. The second-order valence-electron chi connectivity index (χ2n) is 13.5. The van der Waals surface area contributed by atoms with E-state index in [0.717, 1.165) is 22.8 Å². The van der Waals surface area contributed by atoms with Crippen molar-refractivity contribution in [1.29, 1.82) is 0 Å². The number of Topliss-reactive ketones (excluding diaryl/α,β-unsaturated/α-hetero) is 1. The van der Waals surface area contributed by atoms with Crippen molar-refractivity contribution in [2.45, 2.75) is 32.7 Å². The lowest BCUT2D eigenvalue weighted by Crippen LogP contribution is -2.52. The Morgan fingerprint density at radius 2 is 1.67 bits per heavy atom. The summed E-state index contributed by atoms with van der Waals surface area (Å²) < 4.78 is 21.3. The maximum atomic E-state index is 15.3. The number of nitrogens with one attached hydrogen (secondary N) is 1. The predicted molar refractivity (Wildman–Crippen MR) is 188 cm³/mol. The summed E-state index contributed by atoms with van der Waals surface area (Å²) in [5.74, 6) is 0.00410. The van der Waals surface area contributed by atoms with Gasteiger partial charge < -0.3 is 24.8 Å². The average molecular weight is 665 g/mol. The summed E-state index contributed by atoms with van der Waals surface area (Å²) in [4.78, 5) is 34.5.